The second kappa shape index (κ2) is 3.08. The average Bonchev–Trinajstić information content (AvgIpc) is 2.62. The Bertz CT molecular complexity index is 221. The number of hydrogen-bond donors (Lipinski definition) is 2. The van der Waals surface area contributed by atoms with Crippen LogP contribution in [0.4, 0.5) is 0 Å². The van der Waals surface area contributed by atoms with Crippen LogP contribution >= 0.6 is 0 Å². The molecule has 0 aromatic carbocycles. The van der Waals surface area contributed by atoms with Crippen LogP contribution in [-0.2, 0) is 10.0 Å². The summed E-state index contributed by atoms with van der Waals surface area (Å²) in [5.74, 6) is 0. The van der Waals surface area contributed by atoms with Crippen molar-refractivity contribution in [3.63, 3.8) is 0 Å². The predicted molar refractivity (Wildman–Crippen MR) is 43.6 cm³/mol. The highest BCUT2D eigenvalue weighted by atomic mass is 32.2. The van der Waals surface area contributed by atoms with Crippen molar-refractivity contribution in [3.8, 4) is 0 Å². The van der Waals surface area contributed by atoms with Crippen molar-refractivity contribution in [2.75, 3.05) is 6.54 Å². The Morgan fingerprint density at radius 2 is 2.18 bits per heavy atom. The highest BCUT2D eigenvalue weighted by molar-refractivity contribution is 7.89. The topological polar surface area (TPSA) is 72.2 Å². The van der Waals surface area contributed by atoms with Crippen LogP contribution in [0.1, 0.15) is 19.8 Å². The van der Waals surface area contributed by atoms with Gasteiger partial charge in [-0.05, 0) is 19.8 Å². The van der Waals surface area contributed by atoms with Gasteiger partial charge in [-0.25, -0.2) is 13.6 Å². The molecular formula is C6H14N2O2S. The number of nitrogens with one attached hydrogen (secondary N) is 1. The van der Waals surface area contributed by atoms with E-state index in [1.54, 1.807) is 6.92 Å². The van der Waals surface area contributed by atoms with E-state index in [0.717, 1.165) is 12.8 Å². The summed E-state index contributed by atoms with van der Waals surface area (Å²) in [6.07, 6.45) is 2.33. The number of sulfonamides is 1. The van der Waals surface area contributed by atoms with Crippen LogP contribution in [0.3, 0.4) is 0 Å². The summed E-state index contributed by atoms with van der Waals surface area (Å²) in [5, 5.41) is 7.55. The lowest BCUT2D eigenvalue weighted by Crippen LogP contribution is -2.36. The largest absolute Gasteiger partial charge is 0.313 e. The SMILES string of the molecule is CC(CNC1CC1)S(N)(=O)=O. The third-order valence-electron chi connectivity index (χ3n) is 1.83. The highest BCUT2D eigenvalue weighted by Crippen LogP contribution is 2.18. The van der Waals surface area contributed by atoms with Gasteiger partial charge in [-0.1, -0.05) is 0 Å². The number of nitrogens with two attached hydrogens (primary N) is 1. The van der Waals surface area contributed by atoms with Crippen LogP contribution in [0.15, 0.2) is 0 Å². The maximum atomic E-state index is 10.7. The van der Waals surface area contributed by atoms with E-state index in [-0.39, 0.29) is 0 Å². The summed E-state index contributed by atoms with van der Waals surface area (Å²) in [6.45, 7) is 2.09. The molecule has 0 spiro atoms. The fraction of sp³-hybridized carbons (Fsp3) is 1.00. The zero-order valence-electron chi connectivity index (χ0n) is 6.58. The molecule has 0 radical (unpaired) electrons. The number of primary sulfonamides is 1. The van der Waals surface area contributed by atoms with Crippen LogP contribution in [0.25, 0.3) is 0 Å². The first-order chi connectivity index (χ1) is 5.00. The first-order valence-electron chi connectivity index (χ1n) is 3.75. The fourth-order valence-electron chi connectivity index (χ4n) is 0.736. The van der Waals surface area contributed by atoms with Gasteiger partial charge in [-0.2, -0.15) is 0 Å². The molecule has 0 aromatic rings. The Labute approximate surface area is 67.2 Å². The lowest BCUT2D eigenvalue weighted by atomic mass is 10.4. The molecule has 5 heteroatoms. The predicted octanol–water partition coefficient (Wildman–Crippen LogP) is -0.585. The summed E-state index contributed by atoms with van der Waals surface area (Å²) in [4.78, 5) is 0. The summed E-state index contributed by atoms with van der Waals surface area (Å²) in [5.41, 5.74) is 0. The molecule has 66 valence electrons. The summed E-state index contributed by atoms with van der Waals surface area (Å²) >= 11 is 0. The van der Waals surface area contributed by atoms with Crippen molar-refractivity contribution >= 4 is 10.0 Å². The van der Waals surface area contributed by atoms with Crippen molar-refractivity contribution in [1.82, 2.24) is 5.32 Å². The highest BCUT2D eigenvalue weighted by Gasteiger charge is 2.23. The quantitative estimate of drug-likeness (QED) is 0.604. The molecule has 1 rings (SSSR count). The summed E-state index contributed by atoms with van der Waals surface area (Å²) < 4.78 is 21.4. The van der Waals surface area contributed by atoms with Crippen LogP contribution in [0, 0.1) is 0 Å². The van der Waals surface area contributed by atoms with E-state index in [9.17, 15) is 8.42 Å². The van der Waals surface area contributed by atoms with Gasteiger partial charge in [0.05, 0.1) is 5.25 Å². The Hall–Kier alpha value is -0.130. The van der Waals surface area contributed by atoms with Crippen molar-refractivity contribution in [1.29, 1.82) is 0 Å². The molecule has 11 heavy (non-hydrogen) atoms. The zero-order valence-corrected chi connectivity index (χ0v) is 7.39. The average molecular weight is 178 g/mol. The Morgan fingerprint density at radius 3 is 2.55 bits per heavy atom. The van der Waals surface area contributed by atoms with Gasteiger partial charge in [0.15, 0.2) is 0 Å². The molecule has 1 unspecified atom stereocenters. The molecule has 1 fully saturated rings. The van der Waals surface area contributed by atoms with Crippen LogP contribution in [-0.4, -0.2) is 26.3 Å². The van der Waals surface area contributed by atoms with Gasteiger partial charge in [-0.15, -0.1) is 0 Å². The lowest BCUT2D eigenvalue weighted by molar-refractivity contribution is 0.572. The van der Waals surface area contributed by atoms with Crippen molar-refractivity contribution in [2.24, 2.45) is 5.14 Å². The van der Waals surface area contributed by atoms with E-state index in [1.165, 1.54) is 0 Å². The first kappa shape index (κ1) is 8.96. The van der Waals surface area contributed by atoms with Crippen molar-refractivity contribution in [3.05, 3.63) is 0 Å². The first-order valence-corrected chi connectivity index (χ1v) is 5.36. The van der Waals surface area contributed by atoms with Crippen LogP contribution in [0.5, 0.6) is 0 Å². The molecule has 0 amide bonds. The standard InChI is InChI=1S/C6H14N2O2S/c1-5(11(7,9)10)4-8-6-2-3-6/h5-6,8H,2-4H2,1H3,(H2,7,9,10). The molecule has 4 nitrogen and oxygen atoms in total. The smallest absolute Gasteiger partial charge is 0.212 e. The van der Waals surface area contributed by atoms with E-state index >= 15 is 0 Å². The number of rotatable bonds is 4. The van der Waals surface area contributed by atoms with Gasteiger partial charge in [0.1, 0.15) is 0 Å². The van der Waals surface area contributed by atoms with Gasteiger partial charge in [0.2, 0.25) is 10.0 Å². The minimum atomic E-state index is -3.33. The molecule has 0 saturated heterocycles. The van der Waals surface area contributed by atoms with Crippen LogP contribution < -0.4 is 10.5 Å². The van der Waals surface area contributed by atoms with Crippen molar-refractivity contribution < 1.29 is 8.42 Å². The molecular weight excluding hydrogens is 164 g/mol. The monoisotopic (exact) mass is 178 g/mol. The van der Waals surface area contributed by atoms with Gasteiger partial charge in [0, 0.05) is 12.6 Å². The fourth-order valence-corrected chi connectivity index (χ4v) is 1.06. The third-order valence-corrected chi connectivity index (χ3v) is 3.12. The van der Waals surface area contributed by atoms with Crippen LogP contribution in [0.2, 0.25) is 0 Å². The van der Waals surface area contributed by atoms with E-state index < -0.39 is 15.3 Å². The van der Waals surface area contributed by atoms with E-state index in [0.29, 0.717) is 12.6 Å². The molecule has 0 bridgehead atoms. The molecule has 0 aromatic heterocycles. The maximum absolute atomic E-state index is 10.7. The Kier molecular flexibility index (Phi) is 2.51. The molecule has 1 atom stereocenters. The second-order valence-electron chi connectivity index (χ2n) is 3.08. The molecule has 3 N–H and O–H groups in total. The molecule has 1 aliphatic rings. The van der Waals surface area contributed by atoms with E-state index in [2.05, 4.69) is 5.32 Å². The molecule has 0 heterocycles. The van der Waals surface area contributed by atoms with Gasteiger partial charge >= 0.3 is 0 Å². The van der Waals surface area contributed by atoms with E-state index in [1.807, 2.05) is 0 Å². The van der Waals surface area contributed by atoms with Gasteiger partial charge < -0.3 is 5.32 Å². The Balaban J connectivity index is 2.24. The normalized spacial score (nSPS) is 21.6. The van der Waals surface area contributed by atoms with Gasteiger partial charge in [-0.3, -0.25) is 0 Å². The van der Waals surface area contributed by atoms with Crippen molar-refractivity contribution in [2.45, 2.75) is 31.1 Å². The van der Waals surface area contributed by atoms with Gasteiger partial charge in [0.25, 0.3) is 0 Å². The minimum Gasteiger partial charge on any atom is -0.313 e. The minimum absolute atomic E-state index is 0.469. The summed E-state index contributed by atoms with van der Waals surface area (Å²) in [7, 11) is -3.33. The lowest BCUT2D eigenvalue weighted by Gasteiger charge is -2.08. The molecule has 1 saturated carbocycles. The Morgan fingerprint density at radius 1 is 1.64 bits per heavy atom. The third kappa shape index (κ3) is 3.18. The van der Waals surface area contributed by atoms with E-state index in [4.69, 9.17) is 5.14 Å². The summed E-state index contributed by atoms with van der Waals surface area (Å²) in [6, 6.07) is 0.541. The second-order valence-corrected chi connectivity index (χ2v) is 5.06. The number of hydrogen-bond acceptors (Lipinski definition) is 3. The molecule has 0 aliphatic heterocycles. The molecule has 1 aliphatic carbocycles. The zero-order chi connectivity index (χ0) is 8.48. The maximum Gasteiger partial charge on any atom is 0.212 e.